The fraction of sp³-hybridized carbons (Fsp3) is 0.286. The number of pyridine rings is 1. The normalized spacial score (nSPS) is 10.5. The summed E-state index contributed by atoms with van der Waals surface area (Å²) in [6, 6.07) is 6.68. The van der Waals surface area contributed by atoms with Crippen LogP contribution in [0, 0.1) is 10.1 Å². The van der Waals surface area contributed by atoms with Gasteiger partial charge in [-0.05, 0) is 37.1 Å². The van der Waals surface area contributed by atoms with Crippen molar-refractivity contribution in [2.75, 3.05) is 11.9 Å². The van der Waals surface area contributed by atoms with E-state index in [9.17, 15) is 14.9 Å². The van der Waals surface area contributed by atoms with Crippen LogP contribution in [0.1, 0.15) is 19.3 Å². The van der Waals surface area contributed by atoms with Crippen LogP contribution in [-0.2, 0) is 4.79 Å². The highest BCUT2D eigenvalue weighted by Crippen LogP contribution is 2.32. The van der Waals surface area contributed by atoms with Crippen LogP contribution in [0.15, 0.2) is 30.5 Å². The minimum atomic E-state index is -0.835. The number of rotatable bonds is 7. The van der Waals surface area contributed by atoms with E-state index in [2.05, 4.69) is 10.3 Å². The Morgan fingerprint density at radius 2 is 2.14 bits per heavy atom. The summed E-state index contributed by atoms with van der Waals surface area (Å²) in [7, 11) is 0. The molecule has 0 saturated heterocycles. The molecular formula is C14H15N3O4. The van der Waals surface area contributed by atoms with Crippen molar-refractivity contribution in [2.24, 2.45) is 0 Å². The Morgan fingerprint density at radius 1 is 1.33 bits per heavy atom. The van der Waals surface area contributed by atoms with Crippen molar-refractivity contribution in [2.45, 2.75) is 19.3 Å². The highest BCUT2D eigenvalue weighted by Gasteiger charge is 2.18. The maximum absolute atomic E-state index is 11.3. The number of carboxylic acids is 1. The van der Waals surface area contributed by atoms with Crippen LogP contribution in [0.4, 0.5) is 11.4 Å². The molecule has 0 aliphatic heterocycles. The largest absolute Gasteiger partial charge is 0.481 e. The molecule has 0 aliphatic carbocycles. The van der Waals surface area contributed by atoms with E-state index in [0.29, 0.717) is 36.0 Å². The lowest BCUT2D eigenvalue weighted by molar-refractivity contribution is -0.382. The summed E-state index contributed by atoms with van der Waals surface area (Å²) in [5, 5.41) is 23.3. The number of carboxylic acid groups (broad SMARTS) is 1. The minimum Gasteiger partial charge on any atom is -0.481 e. The van der Waals surface area contributed by atoms with Crippen LogP contribution in [0.2, 0.25) is 0 Å². The van der Waals surface area contributed by atoms with E-state index in [-0.39, 0.29) is 12.1 Å². The lowest BCUT2D eigenvalue weighted by Crippen LogP contribution is -2.06. The fourth-order valence-corrected chi connectivity index (χ4v) is 2.10. The molecule has 2 rings (SSSR count). The fourth-order valence-electron chi connectivity index (χ4n) is 2.10. The Bertz CT molecular complexity index is 672. The summed E-state index contributed by atoms with van der Waals surface area (Å²) >= 11 is 0. The van der Waals surface area contributed by atoms with Crippen LogP contribution < -0.4 is 5.32 Å². The smallest absolute Gasteiger partial charge is 0.303 e. The van der Waals surface area contributed by atoms with Crippen molar-refractivity contribution in [1.82, 2.24) is 4.98 Å². The maximum atomic E-state index is 11.3. The van der Waals surface area contributed by atoms with Gasteiger partial charge in [0, 0.05) is 19.2 Å². The number of nitrogens with zero attached hydrogens (tertiary/aromatic N) is 2. The Labute approximate surface area is 120 Å². The zero-order chi connectivity index (χ0) is 15.2. The van der Waals surface area contributed by atoms with Crippen LogP contribution in [0.3, 0.4) is 0 Å². The number of benzene rings is 1. The predicted octanol–water partition coefficient (Wildman–Crippen LogP) is 2.81. The standard InChI is InChI=1S/C14H15N3O4/c18-13(19)5-1-2-8-16-12-7-6-11-10(4-3-9-15-11)14(12)17(20)21/h3-4,6-7,9,16H,1-2,5,8H2,(H,18,19). The zero-order valence-corrected chi connectivity index (χ0v) is 11.3. The van der Waals surface area contributed by atoms with Crippen molar-refractivity contribution in [3.63, 3.8) is 0 Å². The Balaban J connectivity index is 2.14. The van der Waals surface area contributed by atoms with Gasteiger partial charge in [-0.15, -0.1) is 0 Å². The summed E-state index contributed by atoms with van der Waals surface area (Å²) in [6.45, 7) is 0.486. The number of nitro groups is 1. The Kier molecular flexibility index (Phi) is 4.65. The Morgan fingerprint density at radius 3 is 2.86 bits per heavy atom. The third kappa shape index (κ3) is 3.65. The van der Waals surface area contributed by atoms with E-state index in [1.807, 2.05) is 0 Å². The van der Waals surface area contributed by atoms with Gasteiger partial charge in [0.25, 0.3) is 0 Å². The number of aromatic nitrogens is 1. The molecule has 2 N–H and O–H groups in total. The van der Waals surface area contributed by atoms with Crippen molar-refractivity contribution in [1.29, 1.82) is 0 Å². The summed E-state index contributed by atoms with van der Waals surface area (Å²) in [6.07, 6.45) is 2.86. The number of carbonyl (C=O) groups is 1. The number of unbranched alkanes of at least 4 members (excludes halogenated alkanes) is 1. The third-order valence-electron chi connectivity index (χ3n) is 3.07. The van der Waals surface area contributed by atoms with Crippen molar-refractivity contribution >= 4 is 28.2 Å². The molecule has 0 amide bonds. The van der Waals surface area contributed by atoms with Gasteiger partial charge in [-0.2, -0.15) is 0 Å². The molecule has 0 spiro atoms. The van der Waals surface area contributed by atoms with E-state index in [1.165, 1.54) is 0 Å². The summed E-state index contributed by atoms with van der Waals surface area (Å²) in [5.41, 5.74) is 0.996. The van der Waals surface area contributed by atoms with Gasteiger partial charge in [-0.3, -0.25) is 19.9 Å². The first kappa shape index (κ1) is 14.7. The van der Waals surface area contributed by atoms with Crippen LogP contribution in [0.25, 0.3) is 10.9 Å². The number of nitrogens with one attached hydrogen (secondary N) is 1. The zero-order valence-electron chi connectivity index (χ0n) is 11.3. The van der Waals surface area contributed by atoms with E-state index in [0.717, 1.165) is 0 Å². The second-order valence-electron chi connectivity index (χ2n) is 4.57. The van der Waals surface area contributed by atoms with Crippen LogP contribution in [0.5, 0.6) is 0 Å². The van der Waals surface area contributed by atoms with Crippen molar-refractivity contribution < 1.29 is 14.8 Å². The number of fused-ring (bicyclic) bond motifs is 1. The van der Waals surface area contributed by atoms with Gasteiger partial charge >= 0.3 is 11.7 Å². The molecule has 0 atom stereocenters. The number of hydrogen-bond acceptors (Lipinski definition) is 5. The first-order chi connectivity index (χ1) is 10.1. The van der Waals surface area contributed by atoms with Gasteiger partial charge in [0.05, 0.1) is 15.8 Å². The predicted molar refractivity (Wildman–Crippen MR) is 78.4 cm³/mol. The lowest BCUT2D eigenvalue weighted by atomic mass is 10.1. The number of aliphatic carboxylic acids is 1. The molecule has 0 aliphatic rings. The molecular weight excluding hydrogens is 274 g/mol. The second-order valence-corrected chi connectivity index (χ2v) is 4.57. The lowest BCUT2D eigenvalue weighted by Gasteiger charge is -2.08. The first-order valence-electron chi connectivity index (χ1n) is 6.57. The number of anilines is 1. The molecule has 0 saturated carbocycles. The summed E-state index contributed by atoms with van der Waals surface area (Å²) in [4.78, 5) is 25.3. The Hall–Kier alpha value is -2.70. The van der Waals surface area contributed by atoms with Gasteiger partial charge < -0.3 is 10.4 Å². The first-order valence-corrected chi connectivity index (χ1v) is 6.57. The highest BCUT2D eigenvalue weighted by atomic mass is 16.6. The second kappa shape index (κ2) is 6.65. The van der Waals surface area contributed by atoms with Crippen molar-refractivity contribution in [3.05, 3.63) is 40.6 Å². The van der Waals surface area contributed by atoms with E-state index < -0.39 is 10.9 Å². The maximum Gasteiger partial charge on any atom is 0.303 e. The van der Waals surface area contributed by atoms with Gasteiger partial charge in [0.2, 0.25) is 0 Å². The van der Waals surface area contributed by atoms with E-state index >= 15 is 0 Å². The van der Waals surface area contributed by atoms with Gasteiger partial charge in [0.1, 0.15) is 5.69 Å². The number of hydrogen-bond donors (Lipinski definition) is 2. The SMILES string of the molecule is O=C(O)CCCCNc1ccc2ncccc2c1[N+](=O)[O-]. The van der Waals surface area contributed by atoms with E-state index in [4.69, 9.17) is 5.11 Å². The van der Waals surface area contributed by atoms with Gasteiger partial charge in [-0.1, -0.05) is 0 Å². The average Bonchev–Trinajstić information content (AvgIpc) is 2.45. The molecule has 7 heteroatoms. The quantitative estimate of drug-likeness (QED) is 0.461. The third-order valence-corrected chi connectivity index (χ3v) is 3.07. The molecule has 0 bridgehead atoms. The molecule has 1 heterocycles. The molecule has 21 heavy (non-hydrogen) atoms. The molecule has 110 valence electrons. The van der Waals surface area contributed by atoms with Crippen LogP contribution >= 0.6 is 0 Å². The van der Waals surface area contributed by atoms with Crippen molar-refractivity contribution in [3.8, 4) is 0 Å². The molecule has 0 unspecified atom stereocenters. The van der Waals surface area contributed by atoms with E-state index in [1.54, 1.807) is 30.5 Å². The topological polar surface area (TPSA) is 105 Å². The number of nitro benzene ring substituents is 1. The summed E-state index contributed by atoms with van der Waals surface area (Å²) in [5.74, 6) is -0.835. The summed E-state index contributed by atoms with van der Waals surface area (Å²) < 4.78 is 0. The molecule has 1 aromatic heterocycles. The highest BCUT2D eigenvalue weighted by molar-refractivity contribution is 5.94. The molecule has 1 aromatic carbocycles. The molecule has 0 radical (unpaired) electrons. The average molecular weight is 289 g/mol. The molecule has 0 fully saturated rings. The molecule has 2 aromatic rings. The van der Waals surface area contributed by atoms with Crippen LogP contribution in [-0.4, -0.2) is 27.5 Å². The minimum absolute atomic E-state index is 0.00108. The van der Waals surface area contributed by atoms with Gasteiger partial charge in [0.15, 0.2) is 0 Å². The van der Waals surface area contributed by atoms with Gasteiger partial charge in [-0.25, -0.2) is 0 Å². The molecule has 7 nitrogen and oxygen atoms in total. The monoisotopic (exact) mass is 289 g/mol.